The summed E-state index contributed by atoms with van der Waals surface area (Å²) in [6.45, 7) is 6.51. The van der Waals surface area contributed by atoms with Gasteiger partial charge in [0.1, 0.15) is 23.8 Å². The summed E-state index contributed by atoms with van der Waals surface area (Å²) in [4.78, 5) is 8.27. The number of nitrogens with one attached hydrogen (secondary N) is 1. The van der Waals surface area contributed by atoms with E-state index in [9.17, 15) is 8.78 Å². The van der Waals surface area contributed by atoms with Gasteiger partial charge in [-0.25, -0.2) is 18.7 Å². The zero-order valence-electron chi connectivity index (χ0n) is 11.7. The fraction of sp³-hybridized carbons (Fsp3) is 0.333. The van der Waals surface area contributed by atoms with Crippen LogP contribution < -0.4 is 5.32 Å². The molecule has 0 saturated carbocycles. The van der Waals surface area contributed by atoms with Crippen molar-refractivity contribution < 1.29 is 8.78 Å². The minimum absolute atomic E-state index is 0.0410. The Balaban J connectivity index is 2.71. The topological polar surface area (TPSA) is 37.8 Å². The van der Waals surface area contributed by atoms with Gasteiger partial charge in [0.25, 0.3) is 0 Å². The quantitative estimate of drug-likeness (QED) is 0.918. The Bertz CT molecular complexity index is 592. The fourth-order valence-corrected chi connectivity index (χ4v) is 2.17. The number of aromatic nitrogens is 2. The summed E-state index contributed by atoms with van der Waals surface area (Å²) < 4.78 is 28.0. The fourth-order valence-electron chi connectivity index (χ4n) is 2.17. The summed E-state index contributed by atoms with van der Waals surface area (Å²) in [7, 11) is 0. The SMILES string of the molecule is CCNc1ncnc(-c2c(F)cccc2F)c1C(C)C. The molecule has 1 aromatic carbocycles. The lowest BCUT2D eigenvalue weighted by Crippen LogP contribution is -2.08. The molecule has 0 aliphatic rings. The predicted octanol–water partition coefficient (Wildman–Crippen LogP) is 3.98. The predicted molar refractivity (Wildman–Crippen MR) is 75.6 cm³/mol. The van der Waals surface area contributed by atoms with E-state index in [-0.39, 0.29) is 11.5 Å². The van der Waals surface area contributed by atoms with E-state index in [2.05, 4.69) is 15.3 Å². The number of hydrogen-bond donors (Lipinski definition) is 1. The molecule has 0 aliphatic heterocycles. The van der Waals surface area contributed by atoms with Crippen LogP contribution in [0.15, 0.2) is 24.5 Å². The highest BCUT2D eigenvalue weighted by atomic mass is 19.1. The van der Waals surface area contributed by atoms with Crippen LogP contribution in [0.3, 0.4) is 0 Å². The summed E-state index contributed by atoms with van der Waals surface area (Å²) in [5, 5.41) is 3.11. The molecule has 106 valence electrons. The van der Waals surface area contributed by atoms with Gasteiger partial charge in [0.05, 0.1) is 11.3 Å². The Hall–Kier alpha value is -2.04. The molecule has 3 nitrogen and oxygen atoms in total. The van der Waals surface area contributed by atoms with Crippen LogP contribution in [0.2, 0.25) is 0 Å². The van der Waals surface area contributed by atoms with Crippen molar-refractivity contribution >= 4 is 5.82 Å². The Morgan fingerprint density at radius 2 is 1.80 bits per heavy atom. The van der Waals surface area contributed by atoms with Crippen molar-refractivity contribution in [1.29, 1.82) is 0 Å². The third kappa shape index (κ3) is 2.61. The molecule has 20 heavy (non-hydrogen) atoms. The maximum atomic E-state index is 14.0. The van der Waals surface area contributed by atoms with Crippen LogP contribution in [0.5, 0.6) is 0 Å². The highest BCUT2D eigenvalue weighted by Gasteiger charge is 2.21. The van der Waals surface area contributed by atoms with E-state index in [0.29, 0.717) is 18.1 Å². The highest BCUT2D eigenvalue weighted by molar-refractivity contribution is 5.70. The lowest BCUT2D eigenvalue weighted by atomic mass is 9.96. The summed E-state index contributed by atoms with van der Waals surface area (Å²) in [5.74, 6) is -0.574. The number of halogens is 2. The van der Waals surface area contributed by atoms with Crippen molar-refractivity contribution in [2.24, 2.45) is 0 Å². The van der Waals surface area contributed by atoms with Crippen molar-refractivity contribution in [3.63, 3.8) is 0 Å². The van der Waals surface area contributed by atoms with E-state index in [1.165, 1.54) is 24.5 Å². The van der Waals surface area contributed by atoms with Gasteiger partial charge < -0.3 is 5.32 Å². The van der Waals surface area contributed by atoms with Gasteiger partial charge in [-0.2, -0.15) is 0 Å². The molecular formula is C15H17F2N3. The number of hydrogen-bond acceptors (Lipinski definition) is 3. The Morgan fingerprint density at radius 3 is 2.35 bits per heavy atom. The van der Waals surface area contributed by atoms with Crippen molar-refractivity contribution in [1.82, 2.24) is 9.97 Å². The summed E-state index contributed by atoms with van der Waals surface area (Å²) in [6.07, 6.45) is 1.32. The third-order valence-electron chi connectivity index (χ3n) is 3.01. The molecule has 1 aromatic heterocycles. The van der Waals surface area contributed by atoms with Crippen molar-refractivity contribution in [3.8, 4) is 11.3 Å². The lowest BCUT2D eigenvalue weighted by molar-refractivity contribution is 0.588. The molecule has 0 aliphatic carbocycles. The van der Waals surface area contributed by atoms with E-state index in [0.717, 1.165) is 5.56 Å². The molecule has 2 rings (SSSR count). The van der Waals surface area contributed by atoms with E-state index >= 15 is 0 Å². The van der Waals surface area contributed by atoms with Gasteiger partial charge in [0.2, 0.25) is 0 Å². The maximum absolute atomic E-state index is 14.0. The first-order valence-corrected chi connectivity index (χ1v) is 6.59. The molecule has 1 N–H and O–H groups in total. The monoisotopic (exact) mass is 277 g/mol. The van der Waals surface area contributed by atoms with Gasteiger partial charge in [-0.3, -0.25) is 0 Å². The second kappa shape index (κ2) is 5.94. The molecule has 0 atom stereocenters. The average Bonchev–Trinajstić information content (AvgIpc) is 2.38. The van der Waals surface area contributed by atoms with Gasteiger partial charge >= 0.3 is 0 Å². The van der Waals surface area contributed by atoms with Crippen molar-refractivity contribution in [2.75, 3.05) is 11.9 Å². The first kappa shape index (κ1) is 14.4. The van der Waals surface area contributed by atoms with Crippen LogP contribution in [0.4, 0.5) is 14.6 Å². The summed E-state index contributed by atoms with van der Waals surface area (Å²) in [6, 6.07) is 3.81. The number of rotatable bonds is 4. The van der Waals surface area contributed by atoms with Crippen LogP contribution in [0.1, 0.15) is 32.3 Å². The minimum Gasteiger partial charge on any atom is -0.370 e. The zero-order valence-corrected chi connectivity index (χ0v) is 11.7. The van der Waals surface area contributed by atoms with Crippen LogP contribution in [-0.2, 0) is 0 Å². The van der Waals surface area contributed by atoms with Crippen LogP contribution in [-0.4, -0.2) is 16.5 Å². The van der Waals surface area contributed by atoms with Crippen molar-refractivity contribution in [3.05, 3.63) is 41.7 Å². The molecule has 1 heterocycles. The molecule has 0 radical (unpaired) electrons. The third-order valence-corrected chi connectivity index (χ3v) is 3.01. The second-order valence-electron chi connectivity index (χ2n) is 4.77. The molecule has 2 aromatic rings. The minimum atomic E-state index is -0.618. The molecule has 0 fully saturated rings. The van der Waals surface area contributed by atoms with Crippen molar-refractivity contribution in [2.45, 2.75) is 26.7 Å². The van der Waals surface area contributed by atoms with Gasteiger partial charge in [0.15, 0.2) is 0 Å². The smallest absolute Gasteiger partial charge is 0.135 e. The largest absolute Gasteiger partial charge is 0.370 e. The molecule has 0 amide bonds. The maximum Gasteiger partial charge on any atom is 0.135 e. The first-order chi connectivity index (χ1) is 9.56. The molecule has 0 unspecified atom stereocenters. The van der Waals surface area contributed by atoms with Gasteiger partial charge in [-0.1, -0.05) is 19.9 Å². The van der Waals surface area contributed by atoms with E-state index in [1.54, 1.807) is 0 Å². The average molecular weight is 277 g/mol. The first-order valence-electron chi connectivity index (χ1n) is 6.59. The standard InChI is InChI=1S/C15H17F2N3/c1-4-18-15-12(9(2)3)14(19-8-20-15)13-10(16)6-5-7-11(13)17/h5-9H,4H2,1-3H3,(H,18,19,20). The highest BCUT2D eigenvalue weighted by Crippen LogP contribution is 2.34. The second-order valence-corrected chi connectivity index (χ2v) is 4.77. The van der Waals surface area contributed by atoms with E-state index in [1.807, 2.05) is 20.8 Å². The number of nitrogens with zero attached hydrogens (tertiary/aromatic N) is 2. The normalized spacial score (nSPS) is 10.9. The zero-order chi connectivity index (χ0) is 14.7. The Labute approximate surface area is 117 Å². The summed E-state index contributed by atoms with van der Waals surface area (Å²) >= 11 is 0. The molecule has 0 saturated heterocycles. The van der Waals surface area contributed by atoms with Crippen LogP contribution in [0.25, 0.3) is 11.3 Å². The molecular weight excluding hydrogens is 260 g/mol. The van der Waals surface area contributed by atoms with Crippen LogP contribution in [0, 0.1) is 11.6 Å². The Morgan fingerprint density at radius 1 is 1.15 bits per heavy atom. The van der Waals surface area contributed by atoms with E-state index in [4.69, 9.17) is 0 Å². The molecule has 0 bridgehead atoms. The number of anilines is 1. The van der Waals surface area contributed by atoms with E-state index < -0.39 is 11.6 Å². The van der Waals surface area contributed by atoms with Crippen LogP contribution >= 0.6 is 0 Å². The van der Waals surface area contributed by atoms with Gasteiger partial charge in [0, 0.05) is 12.1 Å². The number of benzene rings is 1. The van der Waals surface area contributed by atoms with Gasteiger partial charge in [-0.15, -0.1) is 0 Å². The van der Waals surface area contributed by atoms with Gasteiger partial charge in [-0.05, 0) is 25.0 Å². The Kier molecular flexibility index (Phi) is 4.27. The summed E-state index contributed by atoms with van der Waals surface area (Å²) in [5.41, 5.74) is 0.928. The molecule has 5 heteroatoms. The lowest BCUT2D eigenvalue weighted by Gasteiger charge is -2.17. The molecule has 0 spiro atoms.